The van der Waals surface area contributed by atoms with Crippen LogP contribution in [0.25, 0.3) is 0 Å². The molecule has 0 atom stereocenters. The van der Waals surface area contributed by atoms with Crippen LogP contribution in [-0.4, -0.2) is 22.9 Å². The molecule has 0 radical (unpaired) electrons. The van der Waals surface area contributed by atoms with E-state index >= 15 is 0 Å². The highest BCUT2D eigenvalue weighted by molar-refractivity contribution is 7.99. The smallest absolute Gasteiger partial charge is 0.339 e. The summed E-state index contributed by atoms with van der Waals surface area (Å²) in [5.41, 5.74) is 6.53. The fraction of sp³-hybridized carbons (Fsp3) is 0.167. The summed E-state index contributed by atoms with van der Waals surface area (Å²) < 4.78 is 6.40. The third-order valence-electron chi connectivity index (χ3n) is 2.35. The van der Waals surface area contributed by atoms with Crippen LogP contribution < -0.4 is 5.73 Å². The monoisotopic (exact) mass is 263 g/mol. The number of methoxy groups -OCH3 is 1. The van der Waals surface area contributed by atoms with Crippen LogP contribution in [-0.2, 0) is 11.8 Å². The summed E-state index contributed by atoms with van der Waals surface area (Å²) in [7, 11) is 3.19. The molecule has 18 heavy (non-hydrogen) atoms. The van der Waals surface area contributed by atoms with Gasteiger partial charge in [0.05, 0.1) is 23.8 Å². The maximum Gasteiger partial charge on any atom is 0.339 e. The molecule has 0 bridgehead atoms. The van der Waals surface area contributed by atoms with Gasteiger partial charge in [-0.05, 0) is 18.2 Å². The second-order valence-corrected chi connectivity index (χ2v) is 4.84. The number of carbonyl (C=O) groups excluding carboxylic acids is 1. The Hall–Kier alpha value is -1.95. The molecule has 0 amide bonds. The van der Waals surface area contributed by atoms with Crippen LogP contribution in [0.15, 0.2) is 40.4 Å². The molecule has 1 aromatic heterocycles. The standard InChI is InChI=1S/C12H13N3O2S/c1-15-7-9(6-14-15)18-8-3-4-11(13)10(5-8)12(16)17-2/h3-7H,13H2,1-2H3. The van der Waals surface area contributed by atoms with Crippen molar-refractivity contribution in [1.29, 1.82) is 0 Å². The third-order valence-corrected chi connectivity index (χ3v) is 3.28. The molecule has 0 aliphatic carbocycles. The second kappa shape index (κ2) is 5.14. The number of benzene rings is 1. The van der Waals surface area contributed by atoms with Gasteiger partial charge in [0.2, 0.25) is 0 Å². The number of nitrogen functional groups attached to an aromatic ring is 1. The summed E-state index contributed by atoms with van der Waals surface area (Å²) in [6, 6.07) is 5.28. The zero-order valence-corrected chi connectivity index (χ0v) is 10.9. The van der Waals surface area contributed by atoms with Crippen molar-refractivity contribution in [3.05, 3.63) is 36.2 Å². The largest absolute Gasteiger partial charge is 0.465 e. The molecule has 0 saturated heterocycles. The van der Waals surface area contributed by atoms with E-state index in [0.717, 1.165) is 9.79 Å². The highest BCUT2D eigenvalue weighted by atomic mass is 32.2. The summed E-state index contributed by atoms with van der Waals surface area (Å²) in [6.45, 7) is 0. The van der Waals surface area contributed by atoms with Crippen LogP contribution >= 0.6 is 11.8 Å². The lowest BCUT2D eigenvalue weighted by atomic mass is 10.2. The lowest BCUT2D eigenvalue weighted by Gasteiger charge is -2.05. The first kappa shape index (κ1) is 12.5. The van der Waals surface area contributed by atoms with Gasteiger partial charge in [0, 0.05) is 23.8 Å². The average molecular weight is 263 g/mol. The number of ether oxygens (including phenoxy) is 1. The number of nitrogens with zero attached hydrogens (tertiary/aromatic N) is 2. The minimum atomic E-state index is -0.430. The zero-order valence-electron chi connectivity index (χ0n) is 10.1. The first-order chi connectivity index (χ1) is 8.60. The van der Waals surface area contributed by atoms with E-state index in [2.05, 4.69) is 9.84 Å². The van der Waals surface area contributed by atoms with Crippen molar-refractivity contribution in [2.24, 2.45) is 7.05 Å². The number of anilines is 1. The quantitative estimate of drug-likeness (QED) is 0.677. The summed E-state index contributed by atoms with van der Waals surface area (Å²) in [5, 5.41) is 4.08. The van der Waals surface area contributed by atoms with Gasteiger partial charge < -0.3 is 10.5 Å². The van der Waals surface area contributed by atoms with E-state index in [4.69, 9.17) is 5.73 Å². The number of hydrogen-bond acceptors (Lipinski definition) is 5. The van der Waals surface area contributed by atoms with Crippen LogP contribution in [0.2, 0.25) is 0 Å². The molecule has 1 heterocycles. The Morgan fingerprint density at radius 1 is 1.44 bits per heavy atom. The average Bonchev–Trinajstić information content (AvgIpc) is 2.76. The van der Waals surface area contributed by atoms with E-state index in [9.17, 15) is 4.79 Å². The van der Waals surface area contributed by atoms with Crippen molar-refractivity contribution in [2.45, 2.75) is 9.79 Å². The molecule has 5 nitrogen and oxygen atoms in total. The first-order valence-corrected chi connectivity index (χ1v) is 6.06. The van der Waals surface area contributed by atoms with E-state index in [-0.39, 0.29) is 0 Å². The van der Waals surface area contributed by atoms with Crippen LogP contribution in [0.5, 0.6) is 0 Å². The van der Waals surface area contributed by atoms with Gasteiger partial charge in [-0.1, -0.05) is 11.8 Å². The fourth-order valence-electron chi connectivity index (χ4n) is 1.47. The van der Waals surface area contributed by atoms with Gasteiger partial charge in [0.1, 0.15) is 0 Å². The predicted octanol–water partition coefficient (Wildman–Crippen LogP) is 1.94. The number of esters is 1. The Morgan fingerprint density at radius 2 is 2.22 bits per heavy atom. The number of carbonyl (C=O) groups is 1. The van der Waals surface area contributed by atoms with Gasteiger partial charge in [0.25, 0.3) is 0 Å². The lowest BCUT2D eigenvalue weighted by molar-refractivity contribution is 0.0601. The van der Waals surface area contributed by atoms with Gasteiger partial charge in [-0.2, -0.15) is 5.10 Å². The van der Waals surface area contributed by atoms with E-state index < -0.39 is 5.97 Å². The topological polar surface area (TPSA) is 70.1 Å². The molecule has 0 fully saturated rings. The van der Waals surface area contributed by atoms with Crippen molar-refractivity contribution in [1.82, 2.24) is 9.78 Å². The summed E-state index contributed by atoms with van der Waals surface area (Å²) >= 11 is 1.51. The van der Waals surface area contributed by atoms with E-state index in [1.165, 1.54) is 18.9 Å². The van der Waals surface area contributed by atoms with Crippen LogP contribution in [0.1, 0.15) is 10.4 Å². The molecular formula is C12H13N3O2S. The van der Waals surface area contributed by atoms with Crippen LogP contribution in [0.4, 0.5) is 5.69 Å². The minimum absolute atomic E-state index is 0.381. The van der Waals surface area contributed by atoms with Crippen molar-refractivity contribution >= 4 is 23.4 Å². The molecule has 0 spiro atoms. The van der Waals surface area contributed by atoms with Gasteiger partial charge in [-0.25, -0.2) is 4.79 Å². The number of hydrogen-bond donors (Lipinski definition) is 1. The normalized spacial score (nSPS) is 10.3. The van der Waals surface area contributed by atoms with Gasteiger partial charge >= 0.3 is 5.97 Å². The number of nitrogens with two attached hydrogens (primary N) is 1. The number of rotatable bonds is 3. The van der Waals surface area contributed by atoms with E-state index in [1.807, 2.05) is 19.3 Å². The highest BCUT2D eigenvalue weighted by Gasteiger charge is 2.11. The highest BCUT2D eigenvalue weighted by Crippen LogP contribution is 2.29. The molecule has 0 aliphatic rings. The van der Waals surface area contributed by atoms with Crippen LogP contribution in [0.3, 0.4) is 0 Å². The predicted molar refractivity (Wildman–Crippen MR) is 69.5 cm³/mol. The summed E-state index contributed by atoms with van der Waals surface area (Å²) in [4.78, 5) is 13.4. The zero-order chi connectivity index (χ0) is 13.1. The minimum Gasteiger partial charge on any atom is -0.465 e. The number of aryl methyl sites for hydroxylation is 1. The number of aromatic nitrogens is 2. The third kappa shape index (κ3) is 2.65. The summed E-state index contributed by atoms with van der Waals surface area (Å²) in [6.07, 6.45) is 3.66. The van der Waals surface area contributed by atoms with Crippen LogP contribution in [0, 0.1) is 0 Å². The lowest BCUT2D eigenvalue weighted by Crippen LogP contribution is -2.05. The maximum absolute atomic E-state index is 11.5. The molecule has 6 heteroatoms. The SMILES string of the molecule is COC(=O)c1cc(Sc2cnn(C)c2)ccc1N. The molecule has 0 saturated carbocycles. The van der Waals surface area contributed by atoms with E-state index in [1.54, 1.807) is 23.0 Å². The molecule has 2 rings (SSSR count). The second-order valence-electron chi connectivity index (χ2n) is 3.69. The maximum atomic E-state index is 11.5. The van der Waals surface area contributed by atoms with Gasteiger partial charge in [-0.3, -0.25) is 4.68 Å². The molecule has 2 aromatic rings. The van der Waals surface area contributed by atoms with Crippen molar-refractivity contribution in [3.8, 4) is 0 Å². The molecular weight excluding hydrogens is 250 g/mol. The van der Waals surface area contributed by atoms with Crippen molar-refractivity contribution in [2.75, 3.05) is 12.8 Å². The molecule has 2 N–H and O–H groups in total. The molecule has 94 valence electrons. The van der Waals surface area contributed by atoms with Gasteiger partial charge in [0.15, 0.2) is 0 Å². The Kier molecular flexibility index (Phi) is 3.57. The Morgan fingerprint density at radius 3 is 2.83 bits per heavy atom. The van der Waals surface area contributed by atoms with Gasteiger partial charge in [-0.15, -0.1) is 0 Å². The van der Waals surface area contributed by atoms with Crippen molar-refractivity contribution in [3.63, 3.8) is 0 Å². The van der Waals surface area contributed by atoms with E-state index in [0.29, 0.717) is 11.3 Å². The molecule has 1 aromatic carbocycles. The van der Waals surface area contributed by atoms with Crippen molar-refractivity contribution < 1.29 is 9.53 Å². The Balaban J connectivity index is 2.27. The first-order valence-electron chi connectivity index (χ1n) is 5.24. The summed E-state index contributed by atoms with van der Waals surface area (Å²) in [5.74, 6) is -0.430. The molecule has 0 unspecified atom stereocenters. The molecule has 0 aliphatic heterocycles. The Bertz CT molecular complexity index is 580. The fourth-order valence-corrected chi connectivity index (χ4v) is 2.36. The Labute approximate surface area is 109 Å².